The van der Waals surface area contributed by atoms with Crippen LogP contribution in [0.2, 0.25) is 0 Å². The van der Waals surface area contributed by atoms with E-state index in [1.165, 1.54) is 24.3 Å². The van der Waals surface area contributed by atoms with Gasteiger partial charge in [0, 0.05) is 57.0 Å². The molecule has 0 aromatic heterocycles. The third-order valence-corrected chi connectivity index (χ3v) is 5.48. The quantitative estimate of drug-likeness (QED) is 0.560. The topological polar surface area (TPSA) is 60.5 Å². The fourth-order valence-electron chi connectivity index (χ4n) is 3.76. The summed E-state index contributed by atoms with van der Waals surface area (Å²) in [7, 11) is 4.88. The molecule has 1 saturated heterocycles. The second-order valence-corrected chi connectivity index (χ2v) is 7.66. The summed E-state index contributed by atoms with van der Waals surface area (Å²) in [5.74, 6) is 0.990. The SMILES string of the molecule is COCCN(C[C@@H]1CN(Cc2ccc(OC)cc2OC)CCO1)C(=O)c1ccc(F)cc1. The average molecular weight is 447 g/mol. The van der Waals surface area contributed by atoms with Crippen LogP contribution in [0.25, 0.3) is 0 Å². The van der Waals surface area contributed by atoms with Gasteiger partial charge in [-0.05, 0) is 30.3 Å². The molecule has 3 rings (SSSR count). The van der Waals surface area contributed by atoms with Gasteiger partial charge in [0.25, 0.3) is 5.91 Å². The molecule has 1 atom stereocenters. The lowest BCUT2D eigenvalue weighted by Gasteiger charge is -2.36. The zero-order valence-electron chi connectivity index (χ0n) is 18.9. The summed E-state index contributed by atoms with van der Waals surface area (Å²) in [6, 6.07) is 11.4. The highest BCUT2D eigenvalue weighted by Gasteiger charge is 2.26. The molecule has 1 aliphatic rings. The van der Waals surface area contributed by atoms with Gasteiger partial charge in [0.15, 0.2) is 0 Å². The van der Waals surface area contributed by atoms with Crippen LogP contribution in [0.3, 0.4) is 0 Å². The highest BCUT2D eigenvalue weighted by Crippen LogP contribution is 2.26. The molecule has 0 bridgehead atoms. The van der Waals surface area contributed by atoms with Gasteiger partial charge in [-0.15, -0.1) is 0 Å². The predicted molar refractivity (Wildman–Crippen MR) is 119 cm³/mol. The van der Waals surface area contributed by atoms with Crippen molar-refractivity contribution >= 4 is 5.91 Å². The summed E-state index contributed by atoms with van der Waals surface area (Å²) < 4.78 is 35.2. The zero-order valence-corrected chi connectivity index (χ0v) is 18.9. The van der Waals surface area contributed by atoms with E-state index >= 15 is 0 Å². The molecule has 2 aromatic carbocycles. The Kier molecular flexibility index (Phi) is 8.84. The van der Waals surface area contributed by atoms with Crippen molar-refractivity contribution in [2.45, 2.75) is 12.6 Å². The largest absolute Gasteiger partial charge is 0.497 e. The zero-order chi connectivity index (χ0) is 22.9. The Morgan fingerprint density at radius 2 is 1.94 bits per heavy atom. The number of benzene rings is 2. The minimum absolute atomic E-state index is 0.144. The van der Waals surface area contributed by atoms with Crippen LogP contribution in [0.5, 0.6) is 11.5 Å². The number of ether oxygens (including phenoxy) is 4. The second kappa shape index (κ2) is 11.8. The lowest BCUT2D eigenvalue weighted by atomic mass is 10.1. The Morgan fingerprint density at radius 3 is 2.62 bits per heavy atom. The van der Waals surface area contributed by atoms with Crippen LogP contribution in [-0.2, 0) is 16.0 Å². The van der Waals surface area contributed by atoms with Crippen LogP contribution in [-0.4, -0.2) is 82.5 Å². The Balaban J connectivity index is 1.66. The molecule has 0 saturated carbocycles. The third kappa shape index (κ3) is 6.41. The molecule has 7 nitrogen and oxygen atoms in total. The van der Waals surface area contributed by atoms with Gasteiger partial charge in [-0.3, -0.25) is 9.69 Å². The summed E-state index contributed by atoms with van der Waals surface area (Å²) in [6.07, 6.45) is -0.144. The predicted octanol–water partition coefficient (Wildman–Crippen LogP) is 2.83. The third-order valence-electron chi connectivity index (χ3n) is 5.48. The van der Waals surface area contributed by atoms with Crippen LogP contribution >= 0.6 is 0 Å². The number of amides is 1. The van der Waals surface area contributed by atoms with E-state index < -0.39 is 0 Å². The van der Waals surface area contributed by atoms with E-state index in [1.807, 2.05) is 18.2 Å². The van der Waals surface area contributed by atoms with E-state index in [-0.39, 0.29) is 17.8 Å². The Bertz CT molecular complexity index is 877. The van der Waals surface area contributed by atoms with Crippen molar-refractivity contribution in [1.82, 2.24) is 9.80 Å². The van der Waals surface area contributed by atoms with E-state index in [4.69, 9.17) is 18.9 Å². The van der Waals surface area contributed by atoms with Gasteiger partial charge < -0.3 is 23.8 Å². The number of rotatable bonds is 10. The maximum Gasteiger partial charge on any atom is 0.254 e. The molecule has 32 heavy (non-hydrogen) atoms. The van der Waals surface area contributed by atoms with Crippen LogP contribution in [0, 0.1) is 5.82 Å². The van der Waals surface area contributed by atoms with Crippen molar-refractivity contribution in [2.24, 2.45) is 0 Å². The van der Waals surface area contributed by atoms with Crippen LogP contribution in [0.15, 0.2) is 42.5 Å². The molecule has 1 fully saturated rings. The number of morpholine rings is 1. The Morgan fingerprint density at radius 1 is 1.16 bits per heavy atom. The molecule has 1 amide bonds. The number of nitrogens with zero attached hydrogens (tertiary/aromatic N) is 2. The summed E-state index contributed by atoms with van der Waals surface area (Å²) in [4.78, 5) is 17.0. The van der Waals surface area contributed by atoms with Crippen LogP contribution < -0.4 is 9.47 Å². The maximum atomic E-state index is 13.3. The maximum absolute atomic E-state index is 13.3. The molecule has 174 valence electrons. The van der Waals surface area contributed by atoms with Crippen LogP contribution in [0.4, 0.5) is 4.39 Å². The molecule has 1 aliphatic heterocycles. The molecule has 0 aliphatic carbocycles. The standard InChI is InChI=1S/C24H31FN2O5/c1-29-12-11-27(24(28)18-4-7-20(25)8-5-18)17-22-16-26(10-13-32-22)15-19-6-9-21(30-2)14-23(19)31-3/h4-9,14,22H,10-13,15-17H2,1-3H3/t22-/m0/s1. The van der Waals surface area contributed by atoms with E-state index in [0.29, 0.717) is 45.0 Å². The highest BCUT2D eigenvalue weighted by atomic mass is 19.1. The molecule has 0 N–H and O–H groups in total. The normalized spacial score (nSPS) is 16.6. The minimum atomic E-state index is -0.370. The molecular weight excluding hydrogens is 415 g/mol. The summed E-state index contributed by atoms with van der Waals surface area (Å²) in [6.45, 7) is 4.01. The fourth-order valence-corrected chi connectivity index (χ4v) is 3.76. The van der Waals surface area contributed by atoms with Crippen molar-refractivity contribution < 1.29 is 28.1 Å². The number of methoxy groups -OCH3 is 3. The first-order chi connectivity index (χ1) is 15.5. The Hall–Kier alpha value is -2.68. The summed E-state index contributed by atoms with van der Waals surface area (Å²) in [5, 5.41) is 0. The lowest BCUT2D eigenvalue weighted by molar-refractivity contribution is -0.0445. The lowest BCUT2D eigenvalue weighted by Crippen LogP contribution is -2.49. The first-order valence-electron chi connectivity index (χ1n) is 10.6. The van der Waals surface area contributed by atoms with Gasteiger partial charge in [-0.2, -0.15) is 0 Å². The molecule has 1 heterocycles. The first kappa shape index (κ1) is 24.0. The number of carbonyl (C=O) groups is 1. The molecule has 0 radical (unpaired) electrons. The smallest absolute Gasteiger partial charge is 0.254 e. The van der Waals surface area contributed by atoms with Gasteiger partial charge >= 0.3 is 0 Å². The van der Waals surface area contributed by atoms with Crippen LogP contribution in [0.1, 0.15) is 15.9 Å². The monoisotopic (exact) mass is 446 g/mol. The molecule has 0 spiro atoms. The van der Waals surface area contributed by atoms with Crippen molar-refractivity contribution in [2.75, 3.05) is 60.7 Å². The fraction of sp³-hybridized carbons (Fsp3) is 0.458. The van der Waals surface area contributed by atoms with E-state index in [0.717, 1.165) is 23.6 Å². The summed E-state index contributed by atoms with van der Waals surface area (Å²) in [5.41, 5.74) is 1.51. The number of hydrogen-bond acceptors (Lipinski definition) is 6. The second-order valence-electron chi connectivity index (χ2n) is 7.66. The molecule has 8 heteroatoms. The average Bonchev–Trinajstić information content (AvgIpc) is 2.82. The Labute approximate surface area is 188 Å². The van der Waals surface area contributed by atoms with E-state index in [1.54, 1.807) is 26.2 Å². The van der Waals surface area contributed by atoms with Gasteiger partial charge in [0.1, 0.15) is 17.3 Å². The minimum Gasteiger partial charge on any atom is -0.497 e. The van der Waals surface area contributed by atoms with Crippen molar-refractivity contribution in [1.29, 1.82) is 0 Å². The molecule has 2 aromatic rings. The number of hydrogen-bond donors (Lipinski definition) is 0. The number of halogens is 1. The van der Waals surface area contributed by atoms with Gasteiger partial charge in [0.05, 0.1) is 33.5 Å². The molecule has 0 unspecified atom stereocenters. The van der Waals surface area contributed by atoms with Crippen molar-refractivity contribution in [3.05, 3.63) is 59.4 Å². The molecular formula is C24H31FN2O5. The van der Waals surface area contributed by atoms with Gasteiger partial charge in [-0.1, -0.05) is 6.07 Å². The first-order valence-corrected chi connectivity index (χ1v) is 10.6. The van der Waals surface area contributed by atoms with E-state index in [2.05, 4.69) is 4.90 Å². The highest BCUT2D eigenvalue weighted by molar-refractivity contribution is 5.94. The van der Waals surface area contributed by atoms with E-state index in [9.17, 15) is 9.18 Å². The summed E-state index contributed by atoms with van der Waals surface area (Å²) >= 11 is 0. The van der Waals surface area contributed by atoms with Gasteiger partial charge in [0.2, 0.25) is 0 Å². The number of carbonyl (C=O) groups excluding carboxylic acids is 1. The van der Waals surface area contributed by atoms with Crippen molar-refractivity contribution in [3.8, 4) is 11.5 Å². The van der Waals surface area contributed by atoms with Crippen molar-refractivity contribution in [3.63, 3.8) is 0 Å². The van der Waals surface area contributed by atoms with Gasteiger partial charge in [-0.25, -0.2) is 4.39 Å².